The van der Waals surface area contributed by atoms with Crippen LogP contribution in [0.15, 0.2) is 42.9 Å². The Morgan fingerprint density at radius 2 is 2.04 bits per heavy atom. The number of methoxy groups -OCH3 is 1. The molecule has 0 aliphatic rings. The van der Waals surface area contributed by atoms with Crippen molar-refractivity contribution < 1.29 is 19.3 Å². The zero-order chi connectivity index (χ0) is 19.4. The molecule has 0 radical (unpaired) electrons. The Morgan fingerprint density at radius 1 is 1.22 bits per heavy atom. The lowest BCUT2D eigenvalue weighted by atomic mass is 10.1. The molecule has 0 spiro atoms. The van der Waals surface area contributed by atoms with Crippen LogP contribution in [0.4, 0.5) is 4.39 Å². The van der Waals surface area contributed by atoms with Gasteiger partial charge in [-0.15, -0.1) is 0 Å². The first kappa shape index (κ1) is 19.4. The Hall–Kier alpha value is -2.32. The fourth-order valence-corrected chi connectivity index (χ4v) is 2.92. The van der Waals surface area contributed by atoms with E-state index in [-0.39, 0.29) is 5.02 Å². The third-order valence-electron chi connectivity index (χ3n) is 4.10. The van der Waals surface area contributed by atoms with E-state index >= 15 is 0 Å². The third kappa shape index (κ3) is 4.33. The van der Waals surface area contributed by atoms with Crippen LogP contribution in [-0.2, 0) is 11.3 Å². The molecular formula is C19H19ClFN3O3. The maximum absolute atomic E-state index is 14.1. The first-order valence-electron chi connectivity index (χ1n) is 8.33. The number of aromatic nitrogens is 3. The zero-order valence-electron chi connectivity index (χ0n) is 14.6. The summed E-state index contributed by atoms with van der Waals surface area (Å²) in [5.41, 5.74) is 2.52. The highest BCUT2D eigenvalue weighted by Crippen LogP contribution is 2.33. The van der Waals surface area contributed by atoms with Gasteiger partial charge in [-0.1, -0.05) is 17.7 Å². The van der Waals surface area contributed by atoms with Crippen molar-refractivity contribution in [2.75, 3.05) is 13.7 Å². The Labute approximate surface area is 160 Å². The molecule has 8 heteroatoms. The highest BCUT2D eigenvalue weighted by molar-refractivity contribution is 6.30. The Balaban J connectivity index is 2.11. The zero-order valence-corrected chi connectivity index (χ0v) is 15.4. The Morgan fingerprint density at radius 3 is 2.74 bits per heavy atom. The van der Waals surface area contributed by atoms with Gasteiger partial charge in [0.15, 0.2) is 6.29 Å². The van der Waals surface area contributed by atoms with Gasteiger partial charge in [0, 0.05) is 37.6 Å². The number of benzene rings is 1. The van der Waals surface area contributed by atoms with Crippen molar-refractivity contribution in [1.82, 2.24) is 14.5 Å². The van der Waals surface area contributed by atoms with Crippen LogP contribution in [-0.4, -0.2) is 38.5 Å². The highest BCUT2D eigenvalue weighted by Gasteiger charge is 2.18. The maximum Gasteiger partial charge on any atom is 0.178 e. The smallest absolute Gasteiger partial charge is 0.178 e. The summed E-state index contributed by atoms with van der Waals surface area (Å²) >= 11 is 5.81. The molecule has 0 aliphatic carbocycles. The van der Waals surface area contributed by atoms with Gasteiger partial charge in [-0.3, -0.25) is 4.98 Å². The van der Waals surface area contributed by atoms with Gasteiger partial charge in [-0.25, -0.2) is 9.37 Å². The van der Waals surface area contributed by atoms with E-state index in [2.05, 4.69) is 9.97 Å². The van der Waals surface area contributed by atoms with E-state index in [1.807, 2.05) is 4.57 Å². The number of nitrogens with zero attached hydrogens (tertiary/aromatic N) is 3. The molecule has 0 fully saturated rings. The van der Waals surface area contributed by atoms with Crippen LogP contribution < -0.4 is 0 Å². The van der Waals surface area contributed by atoms with E-state index < -0.39 is 12.1 Å². The molecule has 3 rings (SSSR count). The van der Waals surface area contributed by atoms with E-state index in [4.69, 9.17) is 16.3 Å². The molecule has 2 N–H and O–H groups in total. The molecule has 0 saturated carbocycles. The summed E-state index contributed by atoms with van der Waals surface area (Å²) in [7, 11) is 1.63. The van der Waals surface area contributed by atoms with Crippen molar-refractivity contribution in [2.45, 2.75) is 19.3 Å². The van der Waals surface area contributed by atoms with E-state index in [0.29, 0.717) is 41.4 Å². The molecule has 27 heavy (non-hydrogen) atoms. The lowest BCUT2D eigenvalue weighted by Crippen LogP contribution is -2.03. The van der Waals surface area contributed by atoms with Gasteiger partial charge in [-0.05, 0) is 30.7 Å². The topological polar surface area (TPSA) is 80.4 Å². The van der Waals surface area contributed by atoms with E-state index in [1.54, 1.807) is 25.6 Å². The molecule has 0 amide bonds. The third-order valence-corrected chi connectivity index (χ3v) is 4.41. The van der Waals surface area contributed by atoms with Gasteiger partial charge in [0.25, 0.3) is 0 Å². The number of aliphatic hydroxyl groups is 2. The number of pyridine rings is 1. The first-order valence-corrected chi connectivity index (χ1v) is 8.71. The Kier molecular flexibility index (Phi) is 6.18. The summed E-state index contributed by atoms with van der Waals surface area (Å²) < 4.78 is 21.0. The SMILES string of the molecule is COCCCn1cnc(-c2cc(C(O)O)ccn2)c1-c1ccc(Cl)c(F)c1. The molecule has 0 aliphatic heterocycles. The minimum absolute atomic E-state index is 0.0364. The summed E-state index contributed by atoms with van der Waals surface area (Å²) in [6, 6.07) is 7.60. The van der Waals surface area contributed by atoms with Crippen molar-refractivity contribution in [1.29, 1.82) is 0 Å². The van der Waals surface area contributed by atoms with Gasteiger partial charge in [0.2, 0.25) is 0 Å². The number of hydrogen-bond acceptors (Lipinski definition) is 5. The minimum Gasteiger partial charge on any atom is -0.385 e. The summed E-state index contributed by atoms with van der Waals surface area (Å²) in [6.07, 6.45) is 2.25. The van der Waals surface area contributed by atoms with Crippen molar-refractivity contribution in [3.8, 4) is 22.6 Å². The van der Waals surface area contributed by atoms with E-state index in [1.165, 1.54) is 24.4 Å². The van der Waals surface area contributed by atoms with Gasteiger partial charge in [-0.2, -0.15) is 0 Å². The van der Waals surface area contributed by atoms with Crippen LogP contribution in [0.2, 0.25) is 5.02 Å². The first-order chi connectivity index (χ1) is 13.0. The molecule has 3 aromatic rings. The second-order valence-electron chi connectivity index (χ2n) is 5.96. The molecule has 0 saturated heterocycles. The van der Waals surface area contributed by atoms with Gasteiger partial charge in [0.05, 0.1) is 22.7 Å². The summed E-state index contributed by atoms with van der Waals surface area (Å²) in [5.74, 6) is -0.530. The predicted octanol–water partition coefficient (Wildman–Crippen LogP) is 3.42. The van der Waals surface area contributed by atoms with Gasteiger partial charge < -0.3 is 19.5 Å². The number of aliphatic hydroxyl groups excluding tert-OH is 1. The fourth-order valence-electron chi connectivity index (χ4n) is 2.80. The second-order valence-corrected chi connectivity index (χ2v) is 6.37. The van der Waals surface area contributed by atoms with Crippen LogP contribution in [0.5, 0.6) is 0 Å². The van der Waals surface area contributed by atoms with E-state index in [0.717, 1.165) is 6.42 Å². The van der Waals surface area contributed by atoms with Gasteiger partial charge in [0.1, 0.15) is 11.5 Å². The highest BCUT2D eigenvalue weighted by atomic mass is 35.5. The van der Waals surface area contributed by atoms with Crippen LogP contribution in [0, 0.1) is 5.82 Å². The van der Waals surface area contributed by atoms with E-state index in [9.17, 15) is 14.6 Å². The number of hydrogen-bond donors (Lipinski definition) is 2. The second kappa shape index (κ2) is 8.58. The molecule has 1 aromatic carbocycles. The maximum atomic E-state index is 14.1. The Bertz CT molecular complexity index is 930. The molecule has 142 valence electrons. The number of halogens is 2. The van der Waals surface area contributed by atoms with Crippen molar-refractivity contribution >= 4 is 11.6 Å². The molecule has 0 atom stereocenters. The number of aryl methyl sites for hydroxylation is 1. The van der Waals surface area contributed by atoms with Crippen LogP contribution in [0.3, 0.4) is 0 Å². The summed E-state index contributed by atoms with van der Waals surface area (Å²) in [4.78, 5) is 8.72. The molecule has 0 unspecified atom stereocenters. The molecule has 6 nitrogen and oxygen atoms in total. The average Bonchev–Trinajstić information content (AvgIpc) is 3.08. The minimum atomic E-state index is -1.62. The fraction of sp³-hybridized carbons (Fsp3) is 0.263. The molecular weight excluding hydrogens is 373 g/mol. The van der Waals surface area contributed by atoms with Crippen LogP contribution in [0.1, 0.15) is 18.3 Å². The van der Waals surface area contributed by atoms with Crippen molar-refractivity contribution in [2.24, 2.45) is 0 Å². The van der Waals surface area contributed by atoms with Crippen LogP contribution >= 0.6 is 11.6 Å². The number of ether oxygens (including phenoxy) is 1. The quantitative estimate of drug-likeness (QED) is 0.476. The number of imidazole rings is 1. The standard InChI is InChI=1S/C19H19ClFN3O3/c1-27-8-2-7-24-11-23-17(16-10-13(19(25)26)5-6-22-16)18(24)12-3-4-14(20)15(21)9-12/h3-6,9-11,19,25-26H,2,7-8H2,1H3. The van der Waals surface area contributed by atoms with Crippen molar-refractivity contribution in [3.63, 3.8) is 0 Å². The predicted molar refractivity (Wildman–Crippen MR) is 99.5 cm³/mol. The summed E-state index contributed by atoms with van der Waals surface area (Å²) in [5, 5.41) is 18.9. The summed E-state index contributed by atoms with van der Waals surface area (Å²) in [6.45, 7) is 1.19. The number of rotatable bonds is 7. The van der Waals surface area contributed by atoms with Gasteiger partial charge >= 0.3 is 0 Å². The van der Waals surface area contributed by atoms with Crippen LogP contribution in [0.25, 0.3) is 22.6 Å². The molecule has 2 heterocycles. The van der Waals surface area contributed by atoms with Crippen molar-refractivity contribution in [3.05, 3.63) is 59.3 Å². The lowest BCUT2D eigenvalue weighted by molar-refractivity contribution is -0.0425. The molecule has 2 aromatic heterocycles. The molecule has 0 bridgehead atoms. The normalized spacial score (nSPS) is 11.3. The monoisotopic (exact) mass is 391 g/mol. The largest absolute Gasteiger partial charge is 0.385 e. The lowest BCUT2D eigenvalue weighted by Gasteiger charge is -2.12. The average molecular weight is 392 g/mol.